The zero-order valence-corrected chi connectivity index (χ0v) is 10.9. The van der Waals surface area contributed by atoms with Crippen LogP contribution in [-0.2, 0) is 9.53 Å². The molecule has 1 aliphatic rings. The topological polar surface area (TPSA) is 38.3 Å². The summed E-state index contributed by atoms with van der Waals surface area (Å²) in [5.74, 6) is 0.107. The first-order chi connectivity index (χ1) is 8.79. The van der Waals surface area contributed by atoms with E-state index in [1.807, 2.05) is 30.3 Å². The van der Waals surface area contributed by atoms with E-state index in [-0.39, 0.29) is 18.0 Å². The van der Waals surface area contributed by atoms with Crippen LogP contribution in [0.5, 0.6) is 0 Å². The number of carbonyl (C=O) groups excluding carboxylic acids is 1. The number of esters is 1. The van der Waals surface area contributed by atoms with E-state index in [4.69, 9.17) is 4.74 Å². The van der Waals surface area contributed by atoms with Crippen LogP contribution < -0.4 is 5.32 Å². The highest BCUT2D eigenvalue weighted by molar-refractivity contribution is 5.74. The molecule has 1 N–H and O–H groups in total. The maximum absolute atomic E-state index is 11.7. The third kappa shape index (κ3) is 3.49. The van der Waals surface area contributed by atoms with E-state index in [2.05, 4.69) is 12.2 Å². The minimum Gasteiger partial charge on any atom is -0.460 e. The van der Waals surface area contributed by atoms with Crippen molar-refractivity contribution in [3.63, 3.8) is 0 Å². The van der Waals surface area contributed by atoms with Crippen molar-refractivity contribution < 1.29 is 9.53 Å². The summed E-state index contributed by atoms with van der Waals surface area (Å²) in [5.41, 5.74) is 1.07. The second-order valence-corrected chi connectivity index (χ2v) is 4.88. The van der Waals surface area contributed by atoms with E-state index >= 15 is 0 Å². The Balaban J connectivity index is 1.77. The van der Waals surface area contributed by atoms with Crippen molar-refractivity contribution in [1.82, 2.24) is 0 Å². The molecule has 2 rings (SSSR count). The molecule has 2 unspecified atom stereocenters. The minimum atomic E-state index is -0.0108. The smallest absolute Gasteiger partial charge is 0.309 e. The number of rotatable bonds is 6. The lowest BCUT2D eigenvalue weighted by atomic mass is 9.98. The van der Waals surface area contributed by atoms with E-state index in [9.17, 15) is 4.79 Å². The van der Waals surface area contributed by atoms with E-state index in [0.717, 1.165) is 31.4 Å². The molecular weight excluding hydrogens is 226 g/mol. The third-order valence-corrected chi connectivity index (χ3v) is 3.38. The summed E-state index contributed by atoms with van der Waals surface area (Å²) in [5, 5.41) is 3.31. The van der Waals surface area contributed by atoms with Gasteiger partial charge in [-0.3, -0.25) is 4.79 Å². The number of cyclic esters (lactones) is 1. The Hall–Kier alpha value is -1.51. The Labute approximate surface area is 109 Å². The SMILES string of the molecule is CCCCC1CC(CNc2ccccc2)OC1=O. The van der Waals surface area contributed by atoms with Crippen LogP contribution in [-0.4, -0.2) is 18.6 Å². The van der Waals surface area contributed by atoms with Crippen LogP contribution in [0.1, 0.15) is 32.6 Å². The van der Waals surface area contributed by atoms with Crippen molar-refractivity contribution in [2.75, 3.05) is 11.9 Å². The fourth-order valence-electron chi connectivity index (χ4n) is 2.32. The summed E-state index contributed by atoms with van der Waals surface area (Å²) in [7, 11) is 0. The van der Waals surface area contributed by atoms with Crippen LogP contribution >= 0.6 is 0 Å². The highest BCUT2D eigenvalue weighted by Crippen LogP contribution is 2.26. The first kappa shape index (κ1) is 12.9. The zero-order chi connectivity index (χ0) is 12.8. The highest BCUT2D eigenvalue weighted by Gasteiger charge is 2.33. The summed E-state index contributed by atoms with van der Waals surface area (Å²) in [6.07, 6.45) is 4.10. The molecule has 98 valence electrons. The van der Waals surface area contributed by atoms with Crippen molar-refractivity contribution >= 4 is 11.7 Å². The van der Waals surface area contributed by atoms with Crippen LogP contribution in [0, 0.1) is 5.92 Å². The number of anilines is 1. The van der Waals surface area contributed by atoms with Crippen LogP contribution in [0.25, 0.3) is 0 Å². The average Bonchev–Trinajstić information content (AvgIpc) is 2.76. The standard InChI is InChI=1S/C15H21NO2/c1-2-3-7-12-10-14(18-15(12)17)11-16-13-8-5-4-6-9-13/h4-6,8-9,12,14,16H,2-3,7,10-11H2,1H3. The lowest BCUT2D eigenvalue weighted by Crippen LogP contribution is -2.19. The normalized spacial score (nSPS) is 22.8. The predicted octanol–water partition coefficient (Wildman–Crippen LogP) is 3.22. The van der Waals surface area contributed by atoms with Gasteiger partial charge in [-0.1, -0.05) is 38.0 Å². The second-order valence-electron chi connectivity index (χ2n) is 4.88. The molecule has 1 aromatic carbocycles. The van der Waals surface area contributed by atoms with E-state index in [0.29, 0.717) is 6.54 Å². The molecule has 1 fully saturated rings. The molecule has 0 aliphatic carbocycles. The number of ether oxygens (including phenoxy) is 1. The molecule has 0 amide bonds. The molecule has 0 spiro atoms. The molecule has 1 aliphatic heterocycles. The van der Waals surface area contributed by atoms with Gasteiger partial charge in [-0.2, -0.15) is 0 Å². The fourth-order valence-corrected chi connectivity index (χ4v) is 2.32. The predicted molar refractivity (Wildman–Crippen MR) is 72.4 cm³/mol. The molecule has 18 heavy (non-hydrogen) atoms. The van der Waals surface area contributed by atoms with Gasteiger partial charge in [0.1, 0.15) is 6.10 Å². The second kappa shape index (κ2) is 6.43. The molecule has 0 bridgehead atoms. The molecule has 0 aromatic heterocycles. The molecule has 1 heterocycles. The largest absolute Gasteiger partial charge is 0.460 e. The maximum atomic E-state index is 11.7. The van der Waals surface area contributed by atoms with Gasteiger partial charge >= 0.3 is 5.97 Å². The van der Waals surface area contributed by atoms with Crippen molar-refractivity contribution in [2.24, 2.45) is 5.92 Å². The Morgan fingerprint density at radius 3 is 2.83 bits per heavy atom. The number of nitrogens with one attached hydrogen (secondary N) is 1. The van der Waals surface area contributed by atoms with E-state index in [1.165, 1.54) is 0 Å². The van der Waals surface area contributed by atoms with Gasteiger partial charge in [-0.05, 0) is 25.0 Å². The highest BCUT2D eigenvalue weighted by atomic mass is 16.6. The van der Waals surface area contributed by atoms with Crippen molar-refractivity contribution in [1.29, 1.82) is 0 Å². The van der Waals surface area contributed by atoms with Crippen molar-refractivity contribution in [3.8, 4) is 0 Å². The first-order valence-corrected chi connectivity index (χ1v) is 6.79. The minimum absolute atomic E-state index is 0.0108. The molecule has 3 nitrogen and oxygen atoms in total. The molecule has 3 heteroatoms. The fraction of sp³-hybridized carbons (Fsp3) is 0.533. The van der Waals surface area contributed by atoms with Gasteiger partial charge in [0, 0.05) is 5.69 Å². The quantitative estimate of drug-likeness (QED) is 0.784. The summed E-state index contributed by atoms with van der Waals surface area (Å²) in [6.45, 7) is 2.85. The maximum Gasteiger partial charge on any atom is 0.309 e. The number of hydrogen-bond acceptors (Lipinski definition) is 3. The van der Waals surface area contributed by atoms with Crippen LogP contribution in [0.2, 0.25) is 0 Å². The Morgan fingerprint density at radius 2 is 2.11 bits per heavy atom. The van der Waals surface area contributed by atoms with Crippen LogP contribution in [0.15, 0.2) is 30.3 Å². The Morgan fingerprint density at radius 1 is 1.33 bits per heavy atom. The number of unbranched alkanes of at least 4 members (excludes halogenated alkanes) is 1. The third-order valence-electron chi connectivity index (χ3n) is 3.38. The molecule has 1 saturated heterocycles. The number of para-hydroxylation sites is 1. The molecule has 2 atom stereocenters. The summed E-state index contributed by atoms with van der Waals surface area (Å²) < 4.78 is 5.39. The molecular formula is C15H21NO2. The first-order valence-electron chi connectivity index (χ1n) is 6.79. The zero-order valence-electron chi connectivity index (χ0n) is 10.9. The molecule has 1 aromatic rings. The van der Waals surface area contributed by atoms with Gasteiger partial charge in [0.25, 0.3) is 0 Å². The Bertz CT molecular complexity index is 377. The summed E-state index contributed by atoms with van der Waals surface area (Å²) in [6, 6.07) is 10.0. The van der Waals surface area contributed by atoms with Crippen molar-refractivity contribution in [2.45, 2.75) is 38.7 Å². The van der Waals surface area contributed by atoms with Gasteiger partial charge in [0.2, 0.25) is 0 Å². The van der Waals surface area contributed by atoms with Crippen molar-refractivity contribution in [3.05, 3.63) is 30.3 Å². The van der Waals surface area contributed by atoms with Gasteiger partial charge in [-0.25, -0.2) is 0 Å². The Kier molecular flexibility index (Phi) is 4.62. The lowest BCUT2D eigenvalue weighted by molar-refractivity contribution is -0.144. The van der Waals surface area contributed by atoms with E-state index in [1.54, 1.807) is 0 Å². The average molecular weight is 247 g/mol. The summed E-state index contributed by atoms with van der Waals surface area (Å²) >= 11 is 0. The number of carbonyl (C=O) groups is 1. The van der Waals surface area contributed by atoms with Gasteiger partial charge in [-0.15, -0.1) is 0 Å². The van der Waals surface area contributed by atoms with Crippen LogP contribution in [0.4, 0.5) is 5.69 Å². The van der Waals surface area contributed by atoms with Gasteiger partial charge < -0.3 is 10.1 Å². The summed E-state index contributed by atoms with van der Waals surface area (Å²) in [4.78, 5) is 11.7. The number of hydrogen-bond donors (Lipinski definition) is 1. The number of benzene rings is 1. The van der Waals surface area contributed by atoms with Crippen LogP contribution in [0.3, 0.4) is 0 Å². The monoisotopic (exact) mass is 247 g/mol. The van der Waals surface area contributed by atoms with E-state index < -0.39 is 0 Å². The molecule has 0 radical (unpaired) electrons. The molecule has 0 saturated carbocycles. The van der Waals surface area contributed by atoms with Gasteiger partial charge in [0.05, 0.1) is 12.5 Å². The van der Waals surface area contributed by atoms with Gasteiger partial charge in [0.15, 0.2) is 0 Å². The lowest BCUT2D eigenvalue weighted by Gasteiger charge is -2.11.